The molecular weight excluding hydrogens is 218 g/mol. The topological polar surface area (TPSA) is 53.6 Å². The maximum absolute atomic E-state index is 11.9. The molecule has 0 aromatic rings. The summed E-state index contributed by atoms with van der Waals surface area (Å²) in [5.74, 6) is 0.0862. The molecule has 1 heterocycles. The zero-order valence-electron chi connectivity index (χ0n) is 11.2. The van der Waals surface area contributed by atoms with Gasteiger partial charge in [-0.3, -0.25) is 9.69 Å². The van der Waals surface area contributed by atoms with Gasteiger partial charge in [-0.05, 0) is 39.9 Å². The van der Waals surface area contributed by atoms with Crippen molar-refractivity contribution in [3.05, 3.63) is 0 Å². The lowest BCUT2D eigenvalue weighted by atomic mass is 10.0. The van der Waals surface area contributed by atoms with Crippen LogP contribution in [0.25, 0.3) is 0 Å². The van der Waals surface area contributed by atoms with Crippen molar-refractivity contribution in [2.75, 3.05) is 40.4 Å². The Kier molecular flexibility index (Phi) is 6.47. The largest absolute Gasteiger partial charge is 0.383 e. The van der Waals surface area contributed by atoms with E-state index in [0.29, 0.717) is 19.2 Å². The van der Waals surface area contributed by atoms with Crippen molar-refractivity contribution in [3.63, 3.8) is 0 Å². The minimum atomic E-state index is -0.0741. The average molecular weight is 243 g/mol. The summed E-state index contributed by atoms with van der Waals surface area (Å²) in [6.07, 6.45) is 2.23. The predicted octanol–water partition coefficient (Wildman–Crippen LogP) is -0.179. The first kappa shape index (κ1) is 14.4. The molecule has 1 saturated heterocycles. The van der Waals surface area contributed by atoms with Gasteiger partial charge in [0.25, 0.3) is 0 Å². The maximum Gasteiger partial charge on any atom is 0.237 e. The Morgan fingerprint density at radius 3 is 2.76 bits per heavy atom. The molecule has 0 aliphatic carbocycles. The van der Waals surface area contributed by atoms with Gasteiger partial charge in [-0.25, -0.2) is 0 Å². The number of nitrogens with one attached hydrogen (secondary N) is 2. The molecule has 1 amide bonds. The van der Waals surface area contributed by atoms with Crippen LogP contribution in [0.1, 0.15) is 19.8 Å². The molecule has 2 N–H and O–H groups in total. The number of amides is 1. The van der Waals surface area contributed by atoms with Gasteiger partial charge in [-0.1, -0.05) is 0 Å². The van der Waals surface area contributed by atoms with E-state index in [0.717, 1.165) is 25.9 Å². The Bertz CT molecular complexity index is 230. The van der Waals surface area contributed by atoms with Crippen LogP contribution >= 0.6 is 0 Å². The highest BCUT2D eigenvalue weighted by atomic mass is 16.5. The molecule has 1 unspecified atom stereocenters. The number of likely N-dealkylation sites (N-methyl/N-ethyl adjacent to an activating group) is 1. The number of carbonyl (C=O) groups is 1. The minimum absolute atomic E-state index is 0.0741. The lowest BCUT2D eigenvalue weighted by molar-refractivity contribution is -0.126. The lowest BCUT2D eigenvalue weighted by Crippen LogP contribution is -2.51. The van der Waals surface area contributed by atoms with Gasteiger partial charge < -0.3 is 15.4 Å². The Labute approximate surface area is 104 Å². The molecule has 5 nitrogen and oxygen atoms in total. The lowest BCUT2D eigenvalue weighted by Gasteiger charge is -2.35. The van der Waals surface area contributed by atoms with Crippen molar-refractivity contribution in [3.8, 4) is 0 Å². The highest BCUT2D eigenvalue weighted by Crippen LogP contribution is 2.12. The van der Waals surface area contributed by atoms with Crippen LogP contribution < -0.4 is 10.6 Å². The van der Waals surface area contributed by atoms with Gasteiger partial charge in [0, 0.05) is 19.7 Å². The summed E-state index contributed by atoms with van der Waals surface area (Å²) in [4.78, 5) is 14.1. The van der Waals surface area contributed by atoms with Crippen molar-refractivity contribution in [2.24, 2.45) is 0 Å². The number of carbonyl (C=O) groups excluding carboxylic acids is 1. The van der Waals surface area contributed by atoms with Crippen molar-refractivity contribution >= 4 is 5.91 Å². The fraction of sp³-hybridized carbons (Fsp3) is 0.917. The fourth-order valence-corrected chi connectivity index (χ4v) is 2.14. The third-order valence-electron chi connectivity index (χ3n) is 3.48. The van der Waals surface area contributed by atoms with Gasteiger partial charge in [0.1, 0.15) is 0 Å². The Morgan fingerprint density at radius 1 is 1.53 bits per heavy atom. The highest BCUT2D eigenvalue weighted by Gasteiger charge is 2.25. The second-order valence-electron chi connectivity index (χ2n) is 4.61. The summed E-state index contributed by atoms with van der Waals surface area (Å²) >= 11 is 0. The van der Waals surface area contributed by atoms with E-state index in [1.54, 1.807) is 7.11 Å². The van der Waals surface area contributed by atoms with E-state index in [2.05, 4.69) is 15.5 Å². The minimum Gasteiger partial charge on any atom is -0.383 e. The predicted molar refractivity (Wildman–Crippen MR) is 68.0 cm³/mol. The molecule has 100 valence electrons. The smallest absolute Gasteiger partial charge is 0.237 e. The summed E-state index contributed by atoms with van der Waals surface area (Å²) in [5.41, 5.74) is 0. The van der Waals surface area contributed by atoms with Gasteiger partial charge in [-0.2, -0.15) is 0 Å². The number of methoxy groups -OCH3 is 1. The molecule has 17 heavy (non-hydrogen) atoms. The van der Waals surface area contributed by atoms with E-state index in [4.69, 9.17) is 4.74 Å². The number of rotatable bonds is 6. The van der Waals surface area contributed by atoms with Gasteiger partial charge in [0.2, 0.25) is 5.91 Å². The molecule has 1 rings (SSSR count). The Balaban J connectivity index is 2.33. The molecule has 0 aromatic heterocycles. The number of piperidine rings is 1. The van der Waals surface area contributed by atoms with E-state index in [1.807, 2.05) is 14.0 Å². The summed E-state index contributed by atoms with van der Waals surface area (Å²) < 4.78 is 4.91. The van der Waals surface area contributed by atoms with E-state index in [1.165, 1.54) is 0 Å². The van der Waals surface area contributed by atoms with Gasteiger partial charge in [0.15, 0.2) is 0 Å². The van der Waals surface area contributed by atoms with E-state index < -0.39 is 0 Å². The molecule has 0 bridgehead atoms. The SMILES string of the molecule is COCCNC(=O)C(C)N(C)C1CCNCC1. The first-order chi connectivity index (χ1) is 8.16. The van der Waals surface area contributed by atoms with E-state index >= 15 is 0 Å². The summed E-state index contributed by atoms with van der Waals surface area (Å²) in [6.45, 7) is 5.21. The Morgan fingerprint density at radius 2 is 2.18 bits per heavy atom. The quantitative estimate of drug-likeness (QED) is 0.636. The average Bonchev–Trinajstić information content (AvgIpc) is 2.38. The van der Waals surface area contributed by atoms with E-state index in [-0.39, 0.29) is 11.9 Å². The number of ether oxygens (including phenoxy) is 1. The van der Waals surface area contributed by atoms with Crippen LogP contribution in [0.4, 0.5) is 0 Å². The second kappa shape index (κ2) is 7.63. The van der Waals surface area contributed by atoms with Crippen molar-refractivity contribution in [1.29, 1.82) is 0 Å². The first-order valence-corrected chi connectivity index (χ1v) is 6.36. The normalized spacial score (nSPS) is 19.3. The van der Waals surface area contributed by atoms with Crippen molar-refractivity contribution in [1.82, 2.24) is 15.5 Å². The van der Waals surface area contributed by atoms with Crippen LogP contribution in [-0.2, 0) is 9.53 Å². The molecule has 1 aliphatic rings. The second-order valence-corrected chi connectivity index (χ2v) is 4.61. The Hall–Kier alpha value is -0.650. The van der Waals surface area contributed by atoms with Crippen molar-refractivity contribution < 1.29 is 9.53 Å². The molecule has 1 aliphatic heterocycles. The molecule has 1 fully saturated rings. The summed E-state index contributed by atoms with van der Waals surface area (Å²) in [6, 6.07) is 0.439. The molecule has 0 aromatic carbocycles. The zero-order chi connectivity index (χ0) is 12.7. The van der Waals surface area contributed by atoms with Gasteiger partial charge in [-0.15, -0.1) is 0 Å². The number of hydrogen-bond acceptors (Lipinski definition) is 4. The number of nitrogens with zero attached hydrogens (tertiary/aromatic N) is 1. The van der Waals surface area contributed by atoms with Gasteiger partial charge in [0.05, 0.1) is 12.6 Å². The third-order valence-corrected chi connectivity index (χ3v) is 3.48. The molecule has 5 heteroatoms. The molecule has 0 spiro atoms. The molecule has 0 radical (unpaired) electrons. The van der Waals surface area contributed by atoms with Crippen LogP contribution in [0, 0.1) is 0 Å². The first-order valence-electron chi connectivity index (χ1n) is 6.36. The molecular formula is C12H25N3O2. The van der Waals surface area contributed by atoms with Crippen LogP contribution in [0.2, 0.25) is 0 Å². The van der Waals surface area contributed by atoms with Crippen LogP contribution in [0.15, 0.2) is 0 Å². The fourth-order valence-electron chi connectivity index (χ4n) is 2.14. The maximum atomic E-state index is 11.9. The van der Waals surface area contributed by atoms with E-state index in [9.17, 15) is 4.79 Å². The zero-order valence-corrected chi connectivity index (χ0v) is 11.2. The summed E-state index contributed by atoms with van der Waals surface area (Å²) in [7, 11) is 3.67. The standard InChI is InChI=1S/C12H25N3O2/c1-10(12(16)14-8-9-17-3)15(2)11-4-6-13-7-5-11/h10-11,13H,4-9H2,1-3H3,(H,14,16). The molecule has 1 atom stereocenters. The van der Waals surface area contributed by atoms with Crippen LogP contribution in [-0.4, -0.2) is 63.3 Å². The molecule has 0 saturated carbocycles. The van der Waals surface area contributed by atoms with Crippen LogP contribution in [0.5, 0.6) is 0 Å². The number of hydrogen-bond donors (Lipinski definition) is 2. The summed E-state index contributed by atoms with van der Waals surface area (Å²) in [5, 5.41) is 6.22. The third kappa shape index (κ3) is 4.61. The van der Waals surface area contributed by atoms with Crippen molar-refractivity contribution in [2.45, 2.75) is 31.8 Å². The monoisotopic (exact) mass is 243 g/mol. The highest BCUT2D eigenvalue weighted by molar-refractivity contribution is 5.81. The van der Waals surface area contributed by atoms with Crippen LogP contribution in [0.3, 0.4) is 0 Å². The van der Waals surface area contributed by atoms with Gasteiger partial charge >= 0.3 is 0 Å².